The van der Waals surface area contributed by atoms with Crippen LogP contribution in [-0.2, 0) is 14.1 Å². The van der Waals surface area contributed by atoms with Gasteiger partial charge in [-0.2, -0.15) is 0 Å². The number of halogens is 1. The molecular weight excluding hydrogens is 433 g/mol. The molecule has 0 aliphatic heterocycles. The van der Waals surface area contributed by atoms with E-state index in [9.17, 15) is 9.59 Å². The number of aryl methyl sites for hydroxylation is 2. The van der Waals surface area contributed by atoms with E-state index < -0.39 is 11.4 Å². The molecule has 0 bridgehead atoms. The van der Waals surface area contributed by atoms with Crippen LogP contribution in [0.15, 0.2) is 69.6 Å². The van der Waals surface area contributed by atoms with Crippen molar-refractivity contribution in [2.24, 2.45) is 24.8 Å². The minimum Gasteiger partial charge on any atom is -0.404 e. The van der Waals surface area contributed by atoms with E-state index in [-0.39, 0.29) is 29.6 Å². The van der Waals surface area contributed by atoms with E-state index >= 15 is 4.39 Å². The van der Waals surface area contributed by atoms with Gasteiger partial charge >= 0.3 is 0 Å². The van der Waals surface area contributed by atoms with Crippen LogP contribution in [0, 0.1) is 5.82 Å². The summed E-state index contributed by atoms with van der Waals surface area (Å²) in [5.41, 5.74) is 8.14. The van der Waals surface area contributed by atoms with Crippen molar-refractivity contribution >= 4 is 22.7 Å². The van der Waals surface area contributed by atoms with Crippen LogP contribution >= 0.6 is 0 Å². The maximum atomic E-state index is 15.9. The largest absolute Gasteiger partial charge is 0.404 e. The molecule has 176 valence electrons. The molecule has 0 aliphatic rings. The summed E-state index contributed by atoms with van der Waals surface area (Å²) in [5, 5.41) is 0.0980. The summed E-state index contributed by atoms with van der Waals surface area (Å²) in [4.78, 5) is 32.8. The van der Waals surface area contributed by atoms with Crippen LogP contribution in [0.3, 0.4) is 0 Å². The van der Waals surface area contributed by atoms with Gasteiger partial charge in [-0.05, 0) is 25.0 Å². The number of aromatic nitrogens is 3. The number of aliphatic imine (C=N–C) groups is 1. The Balaban J connectivity index is 0.00000342. The molecule has 0 atom stereocenters. The second-order valence-corrected chi connectivity index (χ2v) is 8.43. The number of fused-ring (bicyclic) bond motifs is 1. The lowest BCUT2D eigenvalue weighted by Gasteiger charge is -2.14. The second kappa shape index (κ2) is 8.97. The van der Waals surface area contributed by atoms with Gasteiger partial charge in [-0.15, -0.1) is 0 Å². The van der Waals surface area contributed by atoms with Crippen molar-refractivity contribution in [2.45, 2.75) is 19.9 Å². The number of aromatic amines is 1. The summed E-state index contributed by atoms with van der Waals surface area (Å²) in [6.45, 7) is 3.78. The molecule has 4 rings (SSSR count). The predicted octanol–water partition coefficient (Wildman–Crippen LogP) is 4.06. The molecule has 0 amide bonds. The number of nitrogens with one attached hydrogen (secondary N) is 1. The van der Waals surface area contributed by atoms with Crippen molar-refractivity contribution in [1.82, 2.24) is 14.1 Å². The Morgan fingerprint density at radius 3 is 2.41 bits per heavy atom. The maximum absolute atomic E-state index is 15.9. The molecule has 4 aromatic rings. The molecule has 3 heterocycles. The molecule has 0 fully saturated rings. The predicted molar refractivity (Wildman–Crippen MR) is 138 cm³/mol. The van der Waals surface area contributed by atoms with Gasteiger partial charge in [0.1, 0.15) is 5.52 Å². The molecular formula is C26H28FN5O2. The van der Waals surface area contributed by atoms with E-state index in [1.54, 1.807) is 26.5 Å². The zero-order valence-electron chi connectivity index (χ0n) is 19.5. The summed E-state index contributed by atoms with van der Waals surface area (Å²) in [5.74, 6) is -0.630. The number of hydrogen-bond donors (Lipinski definition) is 2. The van der Waals surface area contributed by atoms with E-state index in [4.69, 9.17) is 5.73 Å². The Morgan fingerprint density at radius 1 is 1.09 bits per heavy atom. The van der Waals surface area contributed by atoms with E-state index in [1.165, 1.54) is 27.6 Å². The number of nitrogens with two attached hydrogens (primary N) is 1. The molecule has 0 saturated carbocycles. The van der Waals surface area contributed by atoms with Gasteiger partial charge in [0, 0.05) is 69.1 Å². The highest BCUT2D eigenvalue weighted by atomic mass is 19.1. The normalized spacial score (nSPS) is 12.4. The van der Waals surface area contributed by atoms with Crippen molar-refractivity contribution in [1.29, 1.82) is 0 Å². The van der Waals surface area contributed by atoms with Crippen molar-refractivity contribution in [3.05, 3.63) is 87.2 Å². The molecule has 3 aromatic heterocycles. The first kappa shape index (κ1) is 23.0. The summed E-state index contributed by atoms with van der Waals surface area (Å²) >= 11 is 0. The first-order valence-corrected chi connectivity index (χ1v) is 10.9. The van der Waals surface area contributed by atoms with Gasteiger partial charge in [0.2, 0.25) is 0 Å². The third kappa shape index (κ3) is 3.98. The highest BCUT2D eigenvalue weighted by Crippen LogP contribution is 2.37. The fourth-order valence-electron chi connectivity index (χ4n) is 3.91. The van der Waals surface area contributed by atoms with Gasteiger partial charge in [-0.1, -0.05) is 30.3 Å². The third-order valence-corrected chi connectivity index (χ3v) is 5.65. The van der Waals surface area contributed by atoms with E-state index in [1.807, 2.05) is 44.2 Å². The molecule has 0 aliphatic carbocycles. The zero-order chi connectivity index (χ0) is 24.6. The van der Waals surface area contributed by atoms with Gasteiger partial charge in [0.15, 0.2) is 5.82 Å². The fraction of sp³-hybridized carbons (Fsp3) is 0.192. The van der Waals surface area contributed by atoms with E-state index in [0.717, 1.165) is 11.1 Å². The van der Waals surface area contributed by atoms with Crippen LogP contribution in [0.1, 0.15) is 21.0 Å². The number of pyridine rings is 2. The summed E-state index contributed by atoms with van der Waals surface area (Å²) in [7, 11) is 3.25. The Labute approximate surface area is 197 Å². The number of rotatable bonds is 5. The number of hydrogen-bond acceptors (Lipinski definition) is 4. The smallest absolute Gasteiger partial charge is 0.274 e. The van der Waals surface area contributed by atoms with Gasteiger partial charge in [-0.25, -0.2) is 4.39 Å². The molecule has 34 heavy (non-hydrogen) atoms. The van der Waals surface area contributed by atoms with Crippen LogP contribution < -0.4 is 16.9 Å². The number of benzene rings is 1. The Hall–Kier alpha value is -4.20. The van der Waals surface area contributed by atoms with Crippen molar-refractivity contribution in [3.8, 4) is 22.3 Å². The van der Waals surface area contributed by atoms with Crippen molar-refractivity contribution < 1.29 is 5.82 Å². The van der Waals surface area contributed by atoms with Gasteiger partial charge in [0.25, 0.3) is 11.1 Å². The lowest BCUT2D eigenvalue weighted by Crippen LogP contribution is -2.18. The quantitative estimate of drug-likeness (QED) is 0.439. The van der Waals surface area contributed by atoms with E-state index in [0.29, 0.717) is 16.7 Å². The van der Waals surface area contributed by atoms with Crippen LogP contribution in [0.25, 0.3) is 38.7 Å². The molecule has 0 unspecified atom stereocenters. The fourth-order valence-corrected chi connectivity index (χ4v) is 3.91. The summed E-state index contributed by atoms with van der Waals surface area (Å²) in [6, 6.07) is 11.0. The average Bonchev–Trinajstić information content (AvgIpc) is 3.16. The van der Waals surface area contributed by atoms with Crippen LogP contribution in [-0.4, -0.2) is 26.4 Å². The van der Waals surface area contributed by atoms with Gasteiger partial charge in [-0.3, -0.25) is 14.6 Å². The molecule has 0 saturated heterocycles. The molecule has 1 aromatic carbocycles. The number of nitrogens with zero attached hydrogens (tertiary/aromatic N) is 3. The second-order valence-electron chi connectivity index (χ2n) is 8.43. The average molecular weight is 462 g/mol. The molecule has 0 radical (unpaired) electrons. The summed E-state index contributed by atoms with van der Waals surface area (Å²) in [6.07, 6.45) is 6.00. The highest BCUT2D eigenvalue weighted by Gasteiger charge is 2.23. The lowest BCUT2D eigenvalue weighted by atomic mass is 9.95. The van der Waals surface area contributed by atoms with Crippen LogP contribution in [0.4, 0.5) is 4.39 Å². The SMILES string of the molecule is CC(C)N=C/C(=C\N)c1[nH]c2c(=O)n(C)cc(-c3cc(=O)n(C)cc3-c3ccccc3)c2c1F.[HH]. The van der Waals surface area contributed by atoms with Gasteiger partial charge in [0.05, 0.1) is 11.1 Å². The Kier molecular flexibility index (Phi) is 6.06. The molecule has 3 N–H and O–H groups in total. The molecule has 0 spiro atoms. The minimum atomic E-state index is -0.630. The topological polar surface area (TPSA) is 98.2 Å². The third-order valence-electron chi connectivity index (χ3n) is 5.65. The number of allylic oxidation sites excluding steroid dienone is 1. The van der Waals surface area contributed by atoms with Crippen LogP contribution in [0.2, 0.25) is 0 Å². The standard InChI is InChI=1S/C26H26FN5O2.H2/c1-15(2)29-12-17(11-28)24-23(27)22-20(14-32(4)26(34)25(22)30-24)18-10-21(33)31(3)13-19(18)16-8-6-5-7-9-16;/h5-15,30H,28H2,1-4H3;1H/b17-11+,29-12?;. The van der Waals surface area contributed by atoms with Crippen LogP contribution in [0.5, 0.6) is 0 Å². The minimum absolute atomic E-state index is 0. The Morgan fingerprint density at radius 2 is 1.76 bits per heavy atom. The Bertz CT molecular complexity index is 1560. The molecule has 7 nitrogen and oxygen atoms in total. The van der Waals surface area contributed by atoms with E-state index in [2.05, 4.69) is 9.98 Å². The first-order valence-electron chi connectivity index (χ1n) is 10.9. The monoisotopic (exact) mass is 461 g/mol. The zero-order valence-corrected chi connectivity index (χ0v) is 19.5. The number of H-pyrrole nitrogens is 1. The maximum Gasteiger partial charge on any atom is 0.274 e. The first-order chi connectivity index (χ1) is 16.2. The van der Waals surface area contributed by atoms with Gasteiger partial charge < -0.3 is 19.9 Å². The van der Waals surface area contributed by atoms with Crippen molar-refractivity contribution in [2.75, 3.05) is 0 Å². The highest BCUT2D eigenvalue weighted by molar-refractivity contribution is 6.11. The van der Waals surface area contributed by atoms with Crippen molar-refractivity contribution in [3.63, 3.8) is 0 Å². The lowest BCUT2D eigenvalue weighted by molar-refractivity contribution is 0.636. The molecule has 8 heteroatoms. The summed E-state index contributed by atoms with van der Waals surface area (Å²) < 4.78 is 18.8.